The van der Waals surface area contributed by atoms with Crippen molar-refractivity contribution in [1.82, 2.24) is 9.97 Å². The molecule has 5 nitrogen and oxygen atoms in total. The molecule has 0 saturated carbocycles. The summed E-state index contributed by atoms with van der Waals surface area (Å²) in [5.74, 6) is 0. The second-order valence-corrected chi connectivity index (χ2v) is 7.07. The highest BCUT2D eigenvalue weighted by atomic mass is 16.3. The van der Waals surface area contributed by atoms with Crippen LogP contribution in [0.25, 0.3) is 21.8 Å². The Labute approximate surface area is 164 Å². The summed E-state index contributed by atoms with van der Waals surface area (Å²) in [5.41, 5.74) is 5.80. The summed E-state index contributed by atoms with van der Waals surface area (Å²) in [7, 11) is 0. The Morgan fingerprint density at radius 1 is 0.750 bits per heavy atom. The van der Waals surface area contributed by atoms with Crippen LogP contribution in [0.4, 0.5) is 11.4 Å². The monoisotopic (exact) mass is 372 g/mol. The molecular weight excluding hydrogens is 348 g/mol. The summed E-state index contributed by atoms with van der Waals surface area (Å²) in [4.78, 5) is 9.11. The molecule has 0 spiro atoms. The van der Waals surface area contributed by atoms with Gasteiger partial charge in [0.05, 0.1) is 17.1 Å². The first kappa shape index (κ1) is 18.2. The lowest BCUT2D eigenvalue weighted by Gasteiger charge is -2.17. The molecule has 0 atom stereocenters. The van der Waals surface area contributed by atoms with Crippen LogP contribution in [0.3, 0.4) is 0 Å². The molecule has 0 unspecified atom stereocenters. The number of anilines is 2. The summed E-state index contributed by atoms with van der Waals surface area (Å²) >= 11 is 0. The molecule has 0 aliphatic rings. The molecule has 0 saturated heterocycles. The van der Waals surface area contributed by atoms with Gasteiger partial charge in [-0.25, -0.2) is 0 Å². The fourth-order valence-electron chi connectivity index (χ4n) is 3.44. The fourth-order valence-corrected chi connectivity index (χ4v) is 3.44. The van der Waals surface area contributed by atoms with Crippen LogP contribution in [-0.2, 0) is 0 Å². The van der Waals surface area contributed by atoms with Crippen LogP contribution in [0, 0.1) is 13.8 Å². The topological polar surface area (TPSA) is 70.1 Å². The molecule has 0 bridgehead atoms. The number of aliphatic hydroxyl groups is 1. The summed E-state index contributed by atoms with van der Waals surface area (Å²) in [5, 5.41) is 19.4. The Morgan fingerprint density at radius 2 is 1.18 bits per heavy atom. The van der Waals surface area contributed by atoms with Crippen LogP contribution in [-0.4, -0.2) is 34.3 Å². The van der Waals surface area contributed by atoms with Gasteiger partial charge < -0.3 is 15.7 Å². The maximum absolute atomic E-state index is 10.5. The second kappa shape index (κ2) is 7.82. The summed E-state index contributed by atoms with van der Waals surface area (Å²) < 4.78 is 0. The minimum absolute atomic E-state index is 0.447. The average Bonchev–Trinajstić information content (AvgIpc) is 2.70. The number of hydrogen-bond donors (Lipinski definition) is 3. The number of fused-ring (bicyclic) bond motifs is 2. The zero-order chi connectivity index (χ0) is 19.5. The third kappa shape index (κ3) is 3.89. The number of rotatable bonds is 6. The lowest BCUT2D eigenvalue weighted by atomic mass is 10.1. The highest BCUT2D eigenvalue weighted by Crippen LogP contribution is 2.24. The van der Waals surface area contributed by atoms with E-state index in [2.05, 4.69) is 20.6 Å². The van der Waals surface area contributed by atoms with Crippen molar-refractivity contribution in [3.05, 3.63) is 72.1 Å². The van der Waals surface area contributed by atoms with Gasteiger partial charge in [0, 0.05) is 46.6 Å². The number of benzene rings is 2. The predicted octanol–water partition coefficient (Wildman–Crippen LogP) is 4.28. The van der Waals surface area contributed by atoms with Gasteiger partial charge in [-0.3, -0.25) is 9.97 Å². The molecule has 0 aliphatic carbocycles. The molecule has 3 N–H and O–H groups in total. The zero-order valence-electron chi connectivity index (χ0n) is 16.1. The van der Waals surface area contributed by atoms with Gasteiger partial charge in [0.25, 0.3) is 0 Å². The first-order valence-corrected chi connectivity index (χ1v) is 9.49. The Balaban J connectivity index is 1.44. The largest absolute Gasteiger partial charge is 0.389 e. The third-order valence-electron chi connectivity index (χ3n) is 4.74. The van der Waals surface area contributed by atoms with Crippen LogP contribution < -0.4 is 10.6 Å². The van der Waals surface area contributed by atoms with E-state index in [1.807, 2.05) is 74.5 Å². The first-order valence-electron chi connectivity index (χ1n) is 9.49. The van der Waals surface area contributed by atoms with Crippen LogP contribution in [0.2, 0.25) is 0 Å². The molecule has 2 heterocycles. The van der Waals surface area contributed by atoms with Crippen molar-refractivity contribution in [2.45, 2.75) is 20.0 Å². The number of hydrogen-bond acceptors (Lipinski definition) is 5. The van der Waals surface area contributed by atoms with Crippen molar-refractivity contribution >= 4 is 33.2 Å². The maximum atomic E-state index is 10.5. The number of para-hydroxylation sites is 2. The van der Waals surface area contributed by atoms with Crippen molar-refractivity contribution in [3.8, 4) is 0 Å². The molecule has 0 amide bonds. The summed E-state index contributed by atoms with van der Waals surface area (Å²) in [6.45, 7) is 4.85. The van der Waals surface area contributed by atoms with Gasteiger partial charge in [-0.1, -0.05) is 36.4 Å². The molecule has 0 fully saturated rings. The van der Waals surface area contributed by atoms with Gasteiger partial charge >= 0.3 is 0 Å². The van der Waals surface area contributed by atoms with Crippen LogP contribution in [0.5, 0.6) is 0 Å². The van der Waals surface area contributed by atoms with E-state index in [1.165, 1.54) is 0 Å². The van der Waals surface area contributed by atoms with E-state index in [-0.39, 0.29) is 0 Å². The minimum Gasteiger partial charge on any atom is -0.389 e. The molecule has 28 heavy (non-hydrogen) atoms. The number of pyridine rings is 2. The van der Waals surface area contributed by atoms with E-state index in [0.717, 1.165) is 44.6 Å². The predicted molar refractivity (Wildman–Crippen MR) is 116 cm³/mol. The number of aromatic nitrogens is 2. The molecule has 2 aromatic carbocycles. The third-order valence-corrected chi connectivity index (χ3v) is 4.74. The van der Waals surface area contributed by atoms with Crippen molar-refractivity contribution in [2.75, 3.05) is 23.7 Å². The highest BCUT2D eigenvalue weighted by Gasteiger charge is 2.09. The fraction of sp³-hybridized carbons (Fsp3) is 0.217. The molecule has 5 heteroatoms. The highest BCUT2D eigenvalue weighted by molar-refractivity contribution is 5.92. The van der Waals surface area contributed by atoms with Crippen molar-refractivity contribution in [3.63, 3.8) is 0 Å². The molecule has 4 rings (SSSR count). The van der Waals surface area contributed by atoms with E-state index in [0.29, 0.717) is 13.1 Å². The minimum atomic E-state index is -0.542. The molecule has 0 aliphatic heterocycles. The van der Waals surface area contributed by atoms with E-state index < -0.39 is 6.10 Å². The molecule has 2 aromatic heterocycles. The lowest BCUT2D eigenvalue weighted by molar-refractivity contribution is 0.201. The van der Waals surface area contributed by atoms with Gasteiger partial charge in [-0.15, -0.1) is 0 Å². The molecule has 0 radical (unpaired) electrons. The Morgan fingerprint density at radius 3 is 1.64 bits per heavy atom. The van der Waals surface area contributed by atoms with Crippen LogP contribution in [0.1, 0.15) is 11.4 Å². The lowest BCUT2D eigenvalue weighted by Crippen LogP contribution is -2.27. The standard InChI is InChI=1S/C23H24N4O/c1-15-11-22(18-7-3-5-9-20(18)26-15)24-13-17(28)14-25-23-12-16(2)27-21-10-6-4-8-19(21)23/h3-12,17,28H,13-14H2,1-2H3,(H,24,26)(H,25,27). The smallest absolute Gasteiger partial charge is 0.0884 e. The van der Waals surface area contributed by atoms with E-state index >= 15 is 0 Å². The first-order chi connectivity index (χ1) is 13.6. The Hall–Kier alpha value is -3.18. The zero-order valence-corrected chi connectivity index (χ0v) is 16.1. The number of aliphatic hydroxyl groups excluding tert-OH is 1. The second-order valence-electron chi connectivity index (χ2n) is 7.07. The molecule has 142 valence electrons. The van der Waals surface area contributed by atoms with Gasteiger partial charge in [0.1, 0.15) is 0 Å². The van der Waals surface area contributed by atoms with Crippen molar-refractivity contribution in [1.29, 1.82) is 0 Å². The normalized spacial score (nSPS) is 11.3. The van der Waals surface area contributed by atoms with Crippen molar-refractivity contribution in [2.24, 2.45) is 0 Å². The summed E-state index contributed by atoms with van der Waals surface area (Å²) in [6, 6.07) is 20.1. The number of nitrogens with one attached hydrogen (secondary N) is 2. The summed E-state index contributed by atoms with van der Waals surface area (Å²) in [6.07, 6.45) is -0.542. The van der Waals surface area contributed by atoms with Crippen molar-refractivity contribution < 1.29 is 5.11 Å². The number of nitrogens with zero attached hydrogens (tertiary/aromatic N) is 2. The van der Waals surface area contributed by atoms with Gasteiger partial charge in [0.15, 0.2) is 0 Å². The van der Waals surface area contributed by atoms with E-state index in [4.69, 9.17) is 0 Å². The Bertz CT molecular complexity index is 1040. The maximum Gasteiger partial charge on any atom is 0.0884 e. The molecular formula is C23H24N4O. The van der Waals surface area contributed by atoms with Crippen LogP contribution >= 0.6 is 0 Å². The SMILES string of the molecule is Cc1cc(NCC(O)CNc2cc(C)nc3ccccc23)c2ccccc2n1. The Kier molecular flexibility index (Phi) is 5.08. The molecule has 4 aromatic rings. The number of aryl methyl sites for hydroxylation is 2. The van der Waals surface area contributed by atoms with Crippen LogP contribution in [0.15, 0.2) is 60.7 Å². The van der Waals surface area contributed by atoms with E-state index in [9.17, 15) is 5.11 Å². The average molecular weight is 372 g/mol. The quantitative estimate of drug-likeness (QED) is 0.471. The van der Waals surface area contributed by atoms with E-state index in [1.54, 1.807) is 0 Å². The van der Waals surface area contributed by atoms with Gasteiger partial charge in [0.2, 0.25) is 0 Å². The van der Waals surface area contributed by atoms with Gasteiger partial charge in [-0.05, 0) is 38.1 Å². The van der Waals surface area contributed by atoms with Gasteiger partial charge in [-0.2, -0.15) is 0 Å².